The van der Waals surface area contributed by atoms with Gasteiger partial charge in [0.25, 0.3) is 5.91 Å². The maximum atomic E-state index is 12.4. The number of carbonyl (C=O) groups excluding carboxylic acids is 1. The summed E-state index contributed by atoms with van der Waals surface area (Å²) in [5, 5.41) is 10.0. The van der Waals surface area contributed by atoms with Gasteiger partial charge in [0.15, 0.2) is 5.60 Å². The smallest absolute Gasteiger partial charge is 0.270 e. The Morgan fingerprint density at radius 1 is 1.45 bits per heavy atom. The highest BCUT2D eigenvalue weighted by molar-refractivity contribution is 6.02. The second-order valence-corrected chi connectivity index (χ2v) is 5.48. The molecule has 5 nitrogen and oxygen atoms in total. The third-order valence-electron chi connectivity index (χ3n) is 3.54. The van der Waals surface area contributed by atoms with Crippen LogP contribution in [0.2, 0.25) is 0 Å². The fourth-order valence-corrected chi connectivity index (χ4v) is 2.43. The van der Waals surface area contributed by atoms with Crippen LogP contribution in [0.15, 0.2) is 18.2 Å². The first-order valence-corrected chi connectivity index (χ1v) is 6.93. The highest BCUT2D eigenvalue weighted by Crippen LogP contribution is 2.39. The van der Waals surface area contributed by atoms with Crippen molar-refractivity contribution in [3.05, 3.63) is 23.8 Å². The molecule has 0 saturated heterocycles. The lowest BCUT2D eigenvalue weighted by Crippen LogP contribution is -2.52. The van der Waals surface area contributed by atoms with E-state index in [4.69, 9.17) is 10.5 Å². The Morgan fingerprint density at radius 2 is 2.15 bits per heavy atom. The standard InChI is InChI=1S/C15H22N2O3/c1-4-17-11-9-10(12(18)7-8-16)5-6-13(11)20-15(2,3)14(17)19/h5-6,9,12,18H,4,7-8,16H2,1-3H3. The fraction of sp³-hybridized carbons (Fsp3) is 0.533. The minimum absolute atomic E-state index is 0.0713. The Balaban J connectivity index is 2.42. The van der Waals surface area contributed by atoms with E-state index in [1.165, 1.54) is 0 Å². The summed E-state index contributed by atoms with van der Waals surface area (Å²) in [7, 11) is 0. The Morgan fingerprint density at radius 3 is 2.75 bits per heavy atom. The molecule has 20 heavy (non-hydrogen) atoms. The van der Waals surface area contributed by atoms with Gasteiger partial charge in [0.2, 0.25) is 0 Å². The molecule has 0 bridgehead atoms. The van der Waals surface area contributed by atoms with E-state index in [1.54, 1.807) is 24.8 Å². The van der Waals surface area contributed by atoms with E-state index in [-0.39, 0.29) is 5.91 Å². The van der Waals surface area contributed by atoms with Crippen molar-refractivity contribution in [3.63, 3.8) is 0 Å². The van der Waals surface area contributed by atoms with Gasteiger partial charge >= 0.3 is 0 Å². The van der Waals surface area contributed by atoms with E-state index in [9.17, 15) is 9.90 Å². The molecular weight excluding hydrogens is 256 g/mol. The van der Waals surface area contributed by atoms with Crippen molar-refractivity contribution < 1.29 is 14.6 Å². The summed E-state index contributed by atoms with van der Waals surface area (Å²) < 4.78 is 5.76. The molecule has 1 unspecified atom stereocenters. The number of fused-ring (bicyclic) bond motifs is 1. The van der Waals surface area contributed by atoms with Gasteiger partial charge in [-0.25, -0.2) is 0 Å². The van der Waals surface area contributed by atoms with Crippen LogP contribution in [0.4, 0.5) is 5.69 Å². The number of likely N-dealkylation sites (N-methyl/N-ethyl adjacent to an activating group) is 1. The molecular formula is C15H22N2O3. The Bertz CT molecular complexity index is 514. The second kappa shape index (κ2) is 5.42. The van der Waals surface area contributed by atoms with Gasteiger partial charge in [-0.3, -0.25) is 4.79 Å². The SMILES string of the molecule is CCN1C(=O)C(C)(C)Oc2ccc(C(O)CCN)cc21. The van der Waals surface area contributed by atoms with Crippen LogP contribution in [-0.4, -0.2) is 29.7 Å². The zero-order chi connectivity index (χ0) is 14.9. The molecule has 2 rings (SSSR count). The molecule has 110 valence electrons. The Kier molecular flexibility index (Phi) is 4.01. The molecule has 0 saturated carbocycles. The predicted molar refractivity (Wildman–Crippen MR) is 77.8 cm³/mol. The monoisotopic (exact) mass is 278 g/mol. The van der Waals surface area contributed by atoms with E-state index in [0.717, 1.165) is 5.56 Å². The Labute approximate surface area is 119 Å². The summed E-state index contributed by atoms with van der Waals surface area (Å²) >= 11 is 0. The number of aliphatic hydroxyl groups excluding tert-OH is 1. The molecule has 1 aromatic carbocycles. The summed E-state index contributed by atoms with van der Waals surface area (Å²) in [4.78, 5) is 14.1. The molecule has 1 heterocycles. The van der Waals surface area contributed by atoms with Gasteiger partial charge in [0.1, 0.15) is 5.75 Å². The van der Waals surface area contributed by atoms with Crippen molar-refractivity contribution >= 4 is 11.6 Å². The maximum absolute atomic E-state index is 12.4. The van der Waals surface area contributed by atoms with E-state index in [2.05, 4.69) is 0 Å². The van der Waals surface area contributed by atoms with Gasteiger partial charge in [0, 0.05) is 6.54 Å². The zero-order valence-corrected chi connectivity index (χ0v) is 12.2. The average molecular weight is 278 g/mol. The largest absolute Gasteiger partial charge is 0.476 e. The normalized spacial score (nSPS) is 18.4. The molecule has 0 aliphatic carbocycles. The number of ether oxygens (including phenoxy) is 1. The number of anilines is 1. The van der Waals surface area contributed by atoms with Crippen LogP contribution in [0, 0.1) is 0 Å². The van der Waals surface area contributed by atoms with E-state index in [1.807, 2.05) is 19.1 Å². The molecule has 3 N–H and O–H groups in total. The number of rotatable bonds is 4. The van der Waals surface area contributed by atoms with Gasteiger partial charge in [-0.05, 0) is 51.4 Å². The maximum Gasteiger partial charge on any atom is 0.270 e. The molecule has 0 aromatic heterocycles. The van der Waals surface area contributed by atoms with Gasteiger partial charge < -0.3 is 20.5 Å². The number of hydrogen-bond donors (Lipinski definition) is 2. The van der Waals surface area contributed by atoms with Crippen molar-refractivity contribution in [2.24, 2.45) is 5.73 Å². The zero-order valence-electron chi connectivity index (χ0n) is 12.2. The van der Waals surface area contributed by atoms with Crippen LogP contribution < -0.4 is 15.4 Å². The summed E-state index contributed by atoms with van der Waals surface area (Å²) in [6.07, 6.45) is -0.125. The molecule has 1 aliphatic heterocycles. The lowest BCUT2D eigenvalue weighted by atomic mass is 10.0. The molecule has 0 spiro atoms. The van der Waals surface area contributed by atoms with Crippen molar-refractivity contribution in [1.82, 2.24) is 0 Å². The summed E-state index contributed by atoms with van der Waals surface area (Å²) in [5.74, 6) is 0.595. The van der Waals surface area contributed by atoms with E-state index < -0.39 is 11.7 Å². The lowest BCUT2D eigenvalue weighted by molar-refractivity contribution is -0.132. The third-order valence-corrected chi connectivity index (χ3v) is 3.54. The molecule has 1 amide bonds. The summed E-state index contributed by atoms with van der Waals surface area (Å²) in [6, 6.07) is 5.44. The first-order chi connectivity index (χ1) is 9.40. The topological polar surface area (TPSA) is 75.8 Å². The fourth-order valence-electron chi connectivity index (χ4n) is 2.43. The van der Waals surface area contributed by atoms with Crippen LogP contribution in [0.5, 0.6) is 5.75 Å². The van der Waals surface area contributed by atoms with Crippen molar-refractivity contribution in [1.29, 1.82) is 0 Å². The number of nitrogens with two attached hydrogens (primary N) is 1. The molecule has 1 atom stereocenters. The highest BCUT2D eigenvalue weighted by atomic mass is 16.5. The number of nitrogens with zero attached hydrogens (tertiary/aromatic N) is 1. The molecule has 0 radical (unpaired) electrons. The average Bonchev–Trinajstić information content (AvgIpc) is 2.40. The van der Waals surface area contributed by atoms with Gasteiger partial charge in [0.05, 0.1) is 11.8 Å². The molecule has 5 heteroatoms. The van der Waals surface area contributed by atoms with Crippen LogP contribution in [0.25, 0.3) is 0 Å². The van der Waals surface area contributed by atoms with Crippen LogP contribution in [-0.2, 0) is 4.79 Å². The minimum atomic E-state index is -0.861. The first-order valence-electron chi connectivity index (χ1n) is 6.93. The van der Waals surface area contributed by atoms with Gasteiger partial charge in [-0.2, -0.15) is 0 Å². The second-order valence-electron chi connectivity index (χ2n) is 5.48. The van der Waals surface area contributed by atoms with E-state index >= 15 is 0 Å². The third kappa shape index (κ3) is 2.51. The lowest BCUT2D eigenvalue weighted by Gasteiger charge is -2.38. The van der Waals surface area contributed by atoms with Gasteiger partial charge in [-0.15, -0.1) is 0 Å². The number of aliphatic hydroxyl groups is 1. The van der Waals surface area contributed by atoms with Crippen LogP contribution in [0.3, 0.4) is 0 Å². The minimum Gasteiger partial charge on any atom is -0.476 e. The predicted octanol–water partition coefficient (Wildman–Crippen LogP) is 1.59. The molecule has 1 aromatic rings. The number of hydrogen-bond acceptors (Lipinski definition) is 4. The summed E-state index contributed by atoms with van der Waals surface area (Å²) in [5.41, 5.74) is 6.07. The summed E-state index contributed by atoms with van der Waals surface area (Å²) in [6.45, 7) is 6.43. The Hall–Kier alpha value is -1.59. The van der Waals surface area contributed by atoms with Crippen LogP contribution >= 0.6 is 0 Å². The van der Waals surface area contributed by atoms with Crippen LogP contribution in [0.1, 0.15) is 38.9 Å². The van der Waals surface area contributed by atoms with E-state index in [0.29, 0.717) is 30.9 Å². The van der Waals surface area contributed by atoms with Gasteiger partial charge in [-0.1, -0.05) is 6.07 Å². The van der Waals surface area contributed by atoms with Crippen molar-refractivity contribution in [3.8, 4) is 5.75 Å². The number of carbonyl (C=O) groups is 1. The number of benzene rings is 1. The van der Waals surface area contributed by atoms with Crippen molar-refractivity contribution in [2.45, 2.75) is 38.9 Å². The molecule has 1 aliphatic rings. The highest BCUT2D eigenvalue weighted by Gasteiger charge is 2.40. The quantitative estimate of drug-likeness (QED) is 0.877. The first kappa shape index (κ1) is 14.8. The number of amides is 1. The molecule has 0 fully saturated rings. The van der Waals surface area contributed by atoms with Crippen molar-refractivity contribution in [2.75, 3.05) is 18.0 Å².